The molecule has 4 atom stereocenters. The molecule has 4 heteroatoms. The highest BCUT2D eigenvalue weighted by atomic mass is 16.4. The average molecular weight is 258 g/mol. The molecular formula is C15H14O4. The van der Waals surface area contributed by atoms with Gasteiger partial charge in [0.1, 0.15) is 11.5 Å². The van der Waals surface area contributed by atoms with Crippen LogP contribution in [0.4, 0.5) is 0 Å². The number of rotatable bonds is 1. The van der Waals surface area contributed by atoms with Crippen molar-refractivity contribution in [3.05, 3.63) is 28.3 Å². The number of Topliss-reactive ketones (excluding diaryl/α,β-unsaturated/α-hetero) is 1. The lowest BCUT2D eigenvalue weighted by atomic mass is 9.53. The molecule has 0 saturated heterocycles. The van der Waals surface area contributed by atoms with Crippen molar-refractivity contribution in [3.8, 4) is 5.75 Å². The van der Waals surface area contributed by atoms with E-state index >= 15 is 0 Å². The van der Waals surface area contributed by atoms with Crippen LogP contribution in [0.15, 0.2) is 6.07 Å². The summed E-state index contributed by atoms with van der Waals surface area (Å²) >= 11 is 0. The minimum absolute atomic E-state index is 0.0437. The number of ketones is 1. The number of aromatic carboxylic acids is 1. The molecule has 0 heterocycles. The normalized spacial score (nSPS) is 33.8. The predicted octanol–water partition coefficient (Wildman–Crippen LogP) is 1.74. The van der Waals surface area contributed by atoms with Gasteiger partial charge in [0.05, 0.1) is 5.56 Å². The van der Waals surface area contributed by atoms with Crippen molar-refractivity contribution in [1.29, 1.82) is 0 Å². The van der Waals surface area contributed by atoms with Crippen LogP contribution in [0.1, 0.15) is 39.9 Å². The number of carbonyl (C=O) groups excluding carboxylic acids is 1. The lowest BCUT2D eigenvalue weighted by Crippen LogP contribution is -2.48. The largest absolute Gasteiger partial charge is 0.508 e. The number of phenolic OH excluding ortho intramolecular Hbond substituents is 1. The van der Waals surface area contributed by atoms with Gasteiger partial charge in [0.2, 0.25) is 0 Å². The van der Waals surface area contributed by atoms with Crippen LogP contribution < -0.4 is 0 Å². The van der Waals surface area contributed by atoms with E-state index in [0.29, 0.717) is 17.4 Å². The summed E-state index contributed by atoms with van der Waals surface area (Å²) in [4.78, 5) is 23.5. The summed E-state index contributed by atoms with van der Waals surface area (Å²) in [5.74, 6) is 0.153. The highest BCUT2D eigenvalue weighted by Crippen LogP contribution is 2.63. The fraction of sp³-hybridized carbons (Fsp3) is 0.467. The van der Waals surface area contributed by atoms with Crippen LogP contribution in [0.25, 0.3) is 0 Å². The number of hydrogen-bond acceptors (Lipinski definition) is 3. The smallest absolute Gasteiger partial charge is 0.336 e. The highest BCUT2D eigenvalue weighted by Gasteiger charge is 2.59. The van der Waals surface area contributed by atoms with Crippen molar-refractivity contribution in [1.82, 2.24) is 0 Å². The van der Waals surface area contributed by atoms with Crippen LogP contribution in [-0.4, -0.2) is 22.0 Å². The molecule has 0 aliphatic heterocycles. The Hall–Kier alpha value is -1.84. The van der Waals surface area contributed by atoms with Crippen molar-refractivity contribution in [2.24, 2.45) is 17.8 Å². The van der Waals surface area contributed by atoms with Gasteiger partial charge in [-0.3, -0.25) is 4.79 Å². The van der Waals surface area contributed by atoms with E-state index in [-0.39, 0.29) is 35.4 Å². The Morgan fingerprint density at radius 2 is 2.05 bits per heavy atom. The van der Waals surface area contributed by atoms with Crippen molar-refractivity contribution in [3.63, 3.8) is 0 Å². The molecule has 2 N–H and O–H groups in total. The zero-order valence-corrected chi connectivity index (χ0v) is 10.5. The predicted molar refractivity (Wildman–Crippen MR) is 66.4 cm³/mol. The van der Waals surface area contributed by atoms with E-state index < -0.39 is 5.97 Å². The molecule has 1 fully saturated rings. The molecule has 4 rings (SSSR count). The van der Waals surface area contributed by atoms with Crippen LogP contribution in [-0.2, 0) is 17.6 Å². The summed E-state index contributed by atoms with van der Waals surface area (Å²) in [7, 11) is 0. The number of carbonyl (C=O) groups is 2. The number of phenols is 1. The molecule has 0 unspecified atom stereocenters. The van der Waals surface area contributed by atoms with Gasteiger partial charge < -0.3 is 10.2 Å². The minimum Gasteiger partial charge on any atom is -0.508 e. The zero-order valence-electron chi connectivity index (χ0n) is 10.5. The Kier molecular flexibility index (Phi) is 1.85. The molecule has 3 aliphatic rings. The maximum absolute atomic E-state index is 12.2. The van der Waals surface area contributed by atoms with E-state index in [0.717, 1.165) is 17.5 Å². The van der Waals surface area contributed by atoms with Crippen molar-refractivity contribution < 1.29 is 19.8 Å². The molecule has 0 aromatic heterocycles. The molecule has 1 aromatic rings. The molecule has 1 aromatic carbocycles. The quantitative estimate of drug-likeness (QED) is 0.804. The number of aromatic hydroxyl groups is 1. The van der Waals surface area contributed by atoms with Crippen molar-refractivity contribution in [2.75, 3.05) is 0 Å². The average Bonchev–Trinajstić information content (AvgIpc) is 2.70. The first-order chi connectivity index (χ1) is 9.00. The fourth-order valence-electron chi connectivity index (χ4n) is 4.54. The molecule has 98 valence electrons. The van der Waals surface area contributed by atoms with E-state index in [2.05, 4.69) is 6.92 Å². The molecule has 19 heavy (non-hydrogen) atoms. The van der Waals surface area contributed by atoms with Gasteiger partial charge in [-0.25, -0.2) is 4.79 Å². The molecule has 0 radical (unpaired) electrons. The third-order valence-corrected chi connectivity index (χ3v) is 5.38. The maximum atomic E-state index is 12.2. The Balaban J connectivity index is 2.01. The molecule has 0 bridgehead atoms. The van der Waals surface area contributed by atoms with Gasteiger partial charge in [0.15, 0.2) is 0 Å². The second kappa shape index (κ2) is 3.18. The number of carboxylic acids is 1. The number of benzene rings is 1. The van der Waals surface area contributed by atoms with Crippen LogP contribution in [0.2, 0.25) is 0 Å². The lowest BCUT2D eigenvalue weighted by molar-refractivity contribution is -0.132. The Morgan fingerprint density at radius 3 is 2.74 bits per heavy atom. The van der Waals surface area contributed by atoms with Crippen LogP contribution in [0.5, 0.6) is 5.75 Å². The van der Waals surface area contributed by atoms with E-state index in [1.807, 2.05) is 0 Å². The summed E-state index contributed by atoms with van der Waals surface area (Å²) in [6.07, 6.45) is 0.992. The Morgan fingerprint density at radius 1 is 1.32 bits per heavy atom. The molecular weight excluding hydrogens is 244 g/mol. The number of hydrogen-bond donors (Lipinski definition) is 2. The number of carboxylic acid groups (broad SMARTS) is 1. The zero-order chi connectivity index (χ0) is 13.5. The summed E-state index contributed by atoms with van der Waals surface area (Å²) in [6.45, 7) is 2.09. The monoisotopic (exact) mass is 258 g/mol. The van der Waals surface area contributed by atoms with Crippen LogP contribution in [0, 0.1) is 17.8 Å². The Bertz CT molecular complexity index is 646. The van der Waals surface area contributed by atoms with Crippen LogP contribution >= 0.6 is 0 Å². The molecule has 3 aliphatic carbocycles. The first kappa shape index (κ1) is 11.0. The van der Waals surface area contributed by atoms with E-state index in [1.165, 1.54) is 6.07 Å². The fourth-order valence-corrected chi connectivity index (χ4v) is 4.54. The third kappa shape index (κ3) is 1.10. The molecule has 0 amide bonds. The summed E-state index contributed by atoms with van der Waals surface area (Å²) < 4.78 is 0. The van der Waals surface area contributed by atoms with Crippen molar-refractivity contribution in [2.45, 2.75) is 25.7 Å². The second-order valence-electron chi connectivity index (χ2n) is 6.04. The van der Waals surface area contributed by atoms with Gasteiger partial charge in [0, 0.05) is 12.3 Å². The highest BCUT2D eigenvalue weighted by molar-refractivity contribution is 5.97. The van der Waals surface area contributed by atoms with Gasteiger partial charge >= 0.3 is 5.97 Å². The standard InChI is InChI=1S/C15H14O4/c1-5-6-2-9-10(16)4-8(15(18)19)7-3-11(17)12(5)14(6)13(7)9/h4-6,12,14,16H,2-3H2,1H3,(H,18,19)/t5-,6-,12-,14-/m0/s1. The maximum Gasteiger partial charge on any atom is 0.336 e. The van der Waals surface area contributed by atoms with E-state index in [1.54, 1.807) is 0 Å². The first-order valence-electron chi connectivity index (χ1n) is 6.64. The molecule has 4 nitrogen and oxygen atoms in total. The molecule has 1 saturated carbocycles. The van der Waals surface area contributed by atoms with Gasteiger partial charge in [-0.15, -0.1) is 0 Å². The topological polar surface area (TPSA) is 74.6 Å². The van der Waals surface area contributed by atoms with Gasteiger partial charge in [-0.05, 0) is 46.9 Å². The first-order valence-corrected chi connectivity index (χ1v) is 6.64. The minimum atomic E-state index is -1.06. The van der Waals surface area contributed by atoms with Gasteiger partial charge in [-0.1, -0.05) is 6.92 Å². The lowest BCUT2D eigenvalue weighted by Gasteiger charge is -2.49. The third-order valence-electron chi connectivity index (χ3n) is 5.38. The Labute approximate surface area is 110 Å². The van der Waals surface area contributed by atoms with E-state index in [9.17, 15) is 19.8 Å². The molecule has 0 spiro atoms. The second-order valence-corrected chi connectivity index (χ2v) is 6.04. The summed E-state index contributed by atoms with van der Waals surface area (Å²) in [6, 6.07) is 1.32. The van der Waals surface area contributed by atoms with Gasteiger partial charge in [0.25, 0.3) is 0 Å². The van der Waals surface area contributed by atoms with Crippen molar-refractivity contribution >= 4 is 11.8 Å². The van der Waals surface area contributed by atoms with Crippen LogP contribution in [0.3, 0.4) is 0 Å². The summed E-state index contributed by atoms with van der Waals surface area (Å²) in [5, 5.41) is 19.3. The van der Waals surface area contributed by atoms with Gasteiger partial charge in [-0.2, -0.15) is 0 Å². The SMILES string of the molecule is C[C@H]1[C@@H]2Cc3c(O)cc(C(=O)O)c4c3[C@@H]2[C@@H]1C(=O)C4. The van der Waals surface area contributed by atoms with E-state index in [4.69, 9.17) is 0 Å². The summed E-state index contributed by atoms with van der Waals surface area (Å²) in [5.41, 5.74) is 2.62.